The van der Waals surface area contributed by atoms with Gasteiger partial charge in [-0.15, -0.1) is 0 Å². The minimum absolute atomic E-state index is 0.140. The highest BCUT2D eigenvalue weighted by Gasteiger charge is 2.34. The SMILES string of the molecule is CC(C)[C@H](C)NC(=O)[C@@H](O)C1CC1. The Morgan fingerprint density at radius 3 is 2.31 bits per heavy atom. The third-order valence-corrected chi connectivity index (χ3v) is 2.71. The van der Waals surface area contributed by atoms with Crippen LogP contribution < -0.4 is 5.32 Å². The van der Waals surface area contributed by atoms with Gasteiger partial charge in [0.15, 0.2) is 0 Å². The molecule has 13 heavy (non-hydrogen) atoms. The van der Waals surface area contributed by atoms with Gasteiger partial charge in [-0.25, -0.2) is 0 Å². The Hall–Kier alpha value is -0.570. The molecule has 0 aromatic heterocycles. The van der Waals surface area contributed by atoms with Crippen LogP contribution in [0.2, 0.25) is 0 Å². The highest BCUT2D eigenvalue weighted by molar-refractivity contribution is 5.81. The first-order valence-corrected chi connectivity index (χ1v) is 5.00. The van der Waals surface area contributed by atoms with Gasteiger partial charge in [0.2, 0.25) is 5.91 Å². The second-order valence-electron chi connectivity index (χ2n) is 4.32. The van der Waals surface area contributed by atoms with Crippen molar-refractivity contribution in [1.29, 1.82) is 0 Å². The Balaban J connectivity index is 2.30. The zero-order valence-corrected chi connectivity index (χ0v) is 8.58. The maximum atomic E-state index is 11.4. The summed E-state index contributed by atoms with van der Waals surface area (Å²) in [5.74, 6) is 0.429. The van der Waals surface area contributed by atoms with Crippen LogP contribution in [0.15, 0.2) is 0 Å². The lowest BCUT2D eigenvalue weighted by Gasteiger charge is -2.19. The standard InChI is InChI=1S/C10H19NO2/c1-6(2)7(3)11-10(13)9(12)8-4-5-8/h6-9,12H,4-5H2,1-3H3,(H,11,13)/t7-,9-/m0/s1. The van der Waals surface area contributed by atoms with E-state index in [1.165, 1.54) is 0 Å². The van der Waals surface area contributed by atoms with Crippen LogP contribution in [0.1, 0.15) is 33.6 Å². The Labute approximate surface area is 79.5 Å². The second-order valence-corrected chi connectivity index (χ2v) is 4.32. The van der Waals surface area contributed by atoms with Crippen LogP contribution in [0.25, 0.3) is 0 Å². The monoisotopic (exact) mass is 185 g/mol. The van der Waals surface area contributed by atoms with Crippen LogP contribution >= 0.6 is 0 Å². The zero-order valence-electron chi connectivity index (χ0n) is 8.58. The molecule has 1 aliphatic carbocycles. The molecule has 1 aliphatic rings. The van der Waals surface area contributed by atoms with E-state index in [4.69, 9.17) is 0 Å². The van der Waals surface area contributed by atoms with Gasteiger partial charge >= 0.3 is 0 Å². The van der Waals surface area contributed by atoms with E-state index in [2.05, 4.69) is 19.2 Å². The molecule has 0 spiro atoms. The lowest BCUT2D eigenvalue weighted by molar-refractivity contribution is -0.131. The minimum atomic E-state index is -0.777. The summed E-state index contributed by atoms with van der Waals surface area (Å²) < 4.78 is 0. The van der Waals surface area contributed by atoms with Crippen LogP contribution in [0.5, 0.6) is 0 Å². The molecule has 2 N–H and O–H groups in total. The summed E-state index contributed by atoms with van der Waals surface area (Å²) in [6.45, 7) is 6.06. The number of hydrogen-bond acceptors (Lipinski definition) is 2. The Bertz CT molecular complexity index is 187. The predicted molar refractivity (Wildman–Crippen MR) is 51.2 cm³/mol. The summed E-state index contributed by atoms with van der Waals surface area (Å²) in [4.78, 5) is 11.4. The number of hydrogen-bond donors (Lipinski definition) is 2. The summed E-state index contributed by atoms with van der Waals surface area (Å²) in [5, 5.41) is 12.3. The van der Waals surface area contributed by atoms with Gasteiger partial charge in [0.25, 0.3) is 0 Å². The van der Waals surface area contributed by atoms with Gasteiger partial charge in [-0.1, -0.05) is 13.8 Å². The summed E-state index contributed by atoms with van der Waals surface area (Å²) in [6, 6.07) is 0.140. The average Bonchev–Trinajstić information content (AvgIpc) is 2.85. The lowest BCUT2D eigenvalue weighted by Crippen LogP contribution is -2.43. The van der Waals surface area contributed by atoms with Gasteiger partial charge in [0.1, 0.15) is 6.10 Å². The zero-order chi connectivity index (χ0) is 10.0. The summed E-state index contributed by atoms with van der Waals surface area (Å²) in [6.07, 6.45) is 1.20. The van der Waals surface area contributed by atoms with Crippen LogP contribution in [-0.4, -0.2) is 23.2 Å². The van der Waals surface area contributed by atoms with Crippen molar-refractivity contribution in [3.63, 3.8) is 0 Å². The molecule has 1 fully saturated rings. The van der Waals surface area contributed by atoms with Gasteiger partial charge in [0, 0.05) is 6.04 Å². The summed E-state index contributed by atoms with van der Waals surface area (Å²) in [5.41, 5.74) is 0. The number of nitrogens with one attached hydrogen (secondary N) is 1. The lowest BCUT2D eigenvalue weighted by atomic mass is 10.1. The number of carbonyl (C=O) groups is 1. The van der Waals surface area contributed by atoms with Crippen molar-refractivity contribution in [2.24, 2.45) is 11.8 Å². The van der Waals surface area contributed by atoms with E-state index in [-0.39, 0.29) is 17.9 Å². The normalized spacial score (nSPS) is 21.3. The first kappa shape index (κ1) is 10.5. The molecule has 0 heterocycles. The molecular weight excluding hydrogens is 166 g/mol. The van der Waals surface area contributed by atoms with Gasteiger partial charge in [0.05, 0.1) is 0 Å². The molecule has 3 heteroatoms. The van der Waals surface area contributed by atoms with E-state index in [0.717, 1.165) is 12.8 Å². The molecule has 3 nitrogen and oxygen atoms in total. The third kappa shape index (κ3) is 2.99. The van der Waals surface area contributed by atoms with Crippen LogP contribution in [0, 0.1) is 11.8 Å². The Kier molecular flexibility index (Phi) is 3.31. The molecule has 0 bridgehead atoms. The first-order valence-electron chi connectivity index (χ1n) is 5.00. The number of carbonyl (C=O) groups excluding carboxylic acids is 1. The van der Waals surface area contributed by atoms with E-state index in [1.807, 2.05) is 6.92 Å². The van der Waals surface area contributed by atoms with E-state index < -0.39 is 6.10 Å². The van der Waals surface area contributed by atoms with Crippen molar-refractivity contribution in [2.75, 3.05) is 0 Å². The second kappa shape index (κ2) is 4.09. The maximum Gasteiger partial charge on any atom is 0.249 e. The summed E-state index contributed by atoms with van der Waals surface area (Å²) >= 11 is 0. The van der Waals surface area contributed by atoms with Gasteiger partial charge in [-0.05, 0) is 31.6 Å². The molecule has 1 amide bonds. The molecule has 0 saturated heterocycles. The van der Waals surface area contributed by atoms with Crippen molar-refractivity contribution < 1.29 is 9.90 Å². The Morgan fingerprint density at radius 2 is 1.92 bits per heavy atom. The molecule has 1 rings (SSSR count). The van der Waals surface area contributed by atoms with Gasteiger partial charge in [-0.2, -0.15) is 0 Å². The smallest absolute Gasteiger partial charge is 0.249 e. The minimum Gasteiger partial charge on any atom is -0.383 e. The largest absolute Gasteiger partial charge is 0.383 e. The van der Waals surface area contributed by atoms with Crippen molar-refractivity contribution in [2.45, 2.75) is 45.8 Å². The predicted octanol–water partition coefficient (Wildman–Crippen LogP) is 0.918. The number of amides is 1. The fourth-order valence-electron chi connectivity index (χ4n) is 1.10. The fourth-order valence-corrected chi connectivity index (χ4v) is 1.10. The van der Waals surface area contributed by atoms with E-state index >= 15 is 0 Å². The molecular formula is C10H19NO2. The number of aliphatic hydroxyl groups is 1. The number of aliphatic hydroxyl groups excluding tert-OH is 1. The molecule has 0 unspecified atom stereocenters. The highest BCUT2D eigenvalue weighted by Crippen LogP contribution is 2.32. The van der Waals surface area contributed by atoms with Crippen LogP contribution in [-0.2, 0) is 4.79 Å². The van der Waals surface area contributed by atoms with E-state index in [0.29, 0.717) is 5.92 Å². The quantitative estimate of drug-likeness (QED) is 0.684. The van der Waals surface area contributed by atoms with Gasteiger partial charge in [-0.3, -0.25) is 4.79 Å². The van der Waals surface area contributed by atoms with E-state index in [9.17, 15) is 9.90 Å². The highest BCUT2D eigenvalue weighted by atomic mass is 16.3. The molecule has 0 aromatic rings. The molecule has 0 aromatic carbocycles. The van der Waals surface area contributed by atoms with Crippen molar-refractivity contribution in [3.8, 4) is 0 Å². The van der Waals surface area contributed by atoms with Crippen LogP contribution in [0.3, 0.4) is 0 Å². The van der Waals surface area contributed by atoms with Crippen molar-refractivity contribution >= 4 is 5.91 Å². The van der Waals surface area contributed by atoms with E-state index in [1.54, 1.807) is 0 Å². The maximum absolute atomic E-state index is 11.4. The molecule has 0 aliphatic heterocycles. The molecule has 0 radical (unpaired) electrons. The topological polar surface area (TPSA) is 49.3 Å². The summed E-state index contributed by atoms with van der Waals surface area (Å²) in [7, 11) is 0. The van der Waals surface area contributed by atoms with Crippen molar-refractivity contribution in [3.05, 3.63) is 0 Å². The average molecular weight is 185 g/mol. The fraction of sp³-hybridized carbons (Fsp3) is 0.900. The molecule has 76 valence electrons. The van der Waals surface area contributed by atoms with Gasteiger partial charge < -0.3 is 10.4 Å². The number of rotatable bonds is 4. The van der Waals surface area contributed by atoms with Crippen LogP contribution in [0.4, 0.5) is 0 Å². The Morgan fingerprint density at radius 1 is 1.38 bits per heavy atom. The first-order chi connectivity index (χ1) is 6.02. The van der Waals surface area contributed by atoms with Crippen molar-refractivity contribution in [1.82, 2.24) is 5.32 Å². The molecule has 2 atom stereocenters. The molecule has 1 saturated carbocycles. The third-order valence-electron chi connectivity index (χ3n) is 2.71.